The molecule has 0 aliphatic heterocycles. The molecule has 0 aliphatic rings. The molecule has 0 radical (unpaired) electrons. The summed E-state index contributed by atoms with van der Waals surface area (Å²) in [5, 5.41) is 9.25. The van der Waals surface area contributed by atoms with Crippen molar-refractivity contribution in [2.24, 2.45) is 0 Å². The molecule has 2 aromatic heterocycles. The van der Waals surface area contributed by atoms with Gasteiger partial charge in [-0.05, 0) is 29.6 Å². The van der Waals surface area contributed by atoms with Gasteiger partial charge in [0.05, 0.1) is 16.4 Å². The molecular weight excluding hydrogens is 373 g/mol. The summed E-state index contributed by atoms with van der Waals surface area (Å²) >= 11 is 13.3. The SMILES string of the molecule is O=C(COc1ccc(Cl)cc1Cl)NCc1nc(-c2cccs2)no1. The molecule has 0 unspecified atom stereocenters. The van der Waals surface area contributed by atoms with Crippen LogP contribution in [0.15, 0.2) is 40.2 Å². The molecule has 0 atom stereocenters. The van der Waals surface area contributed by atoms with Gasteiger partial charge in [0.1, 0.15) is 5.75 Å². The third-order valence-corrected chi connectivity index (χ3v) is 4.30. The fourth-order valence-electron chi connectivity index (χ4n) is 1.79. The summed E-state index contributed by atoms with van der Waals surface area (Å²) in [5.41, 5.74) is 0. The number of benzene rings is 1. The fourth-order valence-corrected chi connectivity index (χ4v) is 2.91. The Morgan fingerprint density at radius 2 is 2.21 bits per heavy atom. The van der Waals surface area contributed by atoms with Crippen molar-refractivity contribution < 1.29 is 14.1 Å². The predicted molar refractivity (Wildman–Crippen MR) is 91.4 cm³/mol. The topological polar surface area (TPSA) is 77.2 Å². The van der Waals surface area contributed by atoms with Crippen LogP contribution >= 0.6 is 34.5 Å². The van der Waals surface area contributed by atoms with E-state index >= 15 is 0 Å². The molecule has 0 spiro atoms. The van der Waals surface area contributed by atoms with Gasteiger partial charge in [0.15, 0.2) is 6.61 Å². The Labute approximate surface area is 151 Å². The van der Waals surface area contributed by atoms with Gasteiger partial charge in [-0.1, -0.05) is 34.4 Å². The number of thiophene rings is 1. The highest BCUT2D eigenvalue weighted by Gasteiger charge is 2.11. The molecule has 24 heavy (non-hydrogen) atoms. The lowest BCUT2D eigenvalue weighted by Gasteiger charge is -2.07. The maximum atomic E-state index is 11.8. The molecule has 124 valence electrons. The quantitative estimate of drug-likeness (QED) is 0.700. The lowest BCUT2D eigenvalue weighted by Crippen LogP contribution is -2.28. The summed E-state index contributed by atoms with van der Waals surface area (Å²) in [6, 6.07) is 8.56. The Balaban J connectivity index is 1.49. The second-order valence-corrected chi connectivity index (χ2v) is 6.42. The number of aromatic nitrogens is 2. The molecule has 9 heteroatoms. The maximum absolute atomic E-state index is 11.8. The van der Waals surface area contributed by atoms with Crippen LogP contribution in [0.5, 0.6) is 5.75 Å². The predicted octanol–water partition coefficient (Wildman–Crippen LogP) is 3.80. The number of rotatable bonds is 6. The van der Waals surface area contributed by atoms with E-state index in [0.29, 0.717) is 27.5 Å². The first-order chi connectivity index (χ1) is 11.6. The van der Waals surface area contributed by atoms with Gasteiger partial charge in [-0.25, -0.2) is 0 Å². The monoisotopic (exact) mass is 383 g/mol. The van der Waals surface area contributed by atoms with Crippen LogP contribution < -0.4 is 10.1 Å². The molecule has 0 saturated heterocycles. The van der Waals surface area contributed by atoms with Crippen molar-refractivity contribution in [2.75, 3.05) is 6.61 Å². The lowest BCUT2D eigenvalue weighted by molar-refractivity contribution is -0.123. The van der Waals surface area contributed by atoms with E-state index in [2.05, 4.69) is 15.5 Å². The normalized spacial score (nSPS) is 10.6. The van der Waals surface area contributed by atoms with Crippen molar-refractivity contribution in [1.82, 2.24) is 15.5 Å². The zero-order chi connectivity index (χ0) is 16.9. The second-order valence-electron chi connectivity index (χ2n) is 4.63. The molecule has 3 rings (SSSR count). The average Bonchev–Trinajstić information content (AvgIpc) is 3.23. The van der Waals surface area contributed by atoms with Crippen LogP contribution in [0.25, 0.3) is 10.7 Å². The summed E-state index contributed by atoms with van der Waals surface area (Å²) in [7, 11) is 0. The van der Waals surface area contributed by atoms with E-state index in [1.807, 2.05) is 17.5 Å². The van der Waals surface area contributed by atoms with Crippen molar-refractivity contribution in [1.29, 1.82) is 0 Å². The summed E-state index contributed by atoms with van der Waals surface area (Å²) in [4.78, 5) is 16.9. The number of hydrogen-bond donors (Lipinski definition) is 1. The minimum atomic E-state index is -0.336. The Hall–Kier alpha value is -2.09. The number of hydrogen-bond acceptors (Lipinski definition) is 6. The first kappa shape index (κ1) is 16.8. The molecule has 1 amide bonds. The Bertz CT molecular complexity index is 836. The standard InChI is InChI=1S/C15H11Cl2N3O3S/c16-9-3-4-11(10(17)6-9)22-8-13(21)18-7-14-19-15(20-23-14)12-2-1-5-24-12/h1-6H,7-8H2,(H,18,21). The van der Waals surface area contributed by atoms with Crippen molar-refractivity contribution in [3.05, 3.63) is 51.6 Å². The van der Waals surface area contributed by atoms with Crippen LogP contribution in [-0.4, -0.2) is 22.7 Å². The largest absolute Gasteiger partial charge is 0.482 e. The van der Waals surface area contributed by atoms with Gasteiger partial charge in [0, 0.05) is 5.02 Å². The Kier molecular flexibility index (Phi) is 5.34. The molecule has 3 aromatic rings. The van der Waals surface area contributed by atoms with E-state index < -0.39 is 0 Å². The number of halogens is 2. The van der Waals surface area contributed by atoms with E-state index in [4.69, 9.17) is 32.5 Å². The maximum Gasteiger partial charge on any atom is 0.258 e. The molecule has 0 fully saturated rings. The van der Waals surface area contributed by atoms with E-state index in [1.54, 1.807) is 18.2 Å². The minimum absolute atomic E-state index is 0.120. The first-order valence-corrected chi connectivity index (χ1v) is 8.46. The van der Waals surface area contributed by atoms with E-state index in [0.717, 1.165) is 4.88 Å². The van der Waals surface area contributed by atoms with Gasteiger partial charge in [-0.3, -0.25) is 4.79 Å². The molecule has 2 heterocycles. The molecule has 6 nitrogen and oxygen atoms in total. The van der Waals surface area contributed by atoms with Crippen molar-refractivity contribution in [3.8, 4) is 16.5 Å². The number of carbonyl (C=O) groups excluding carboxylic acids is 1. The third-order valence-electron chi connectivity index (χ3n) is 2.90. The Morgan fingerprint density at radius 1 is 1.33 bits per heavy atom. The number of nitrogens with one attached hydrogen (secondary N) is 1. The molecule has 0 saturated carbocycles. The zero-order valence-electron chi connectivity index (χ0n) is 12.2. The zero-order valence-corrected chi connectivity index (χ0v) is 14.5. The van der Waals surface area contributed by atoms with E-state index in [9.17, 15) is 4.79 Å². The van der Waals surface area contributed by atoms with Crippen LogP contribution in [0.2, 0.25) is 10.0 Å². The minimum Gasteiger partial charge on any atom is -0.482 e. The first-order valence-electron chi connectivity index (χ1n) is 6.83. The highest BCUT2D eigenvalue weighted by molar-refractivity contribution is 7.13. The summed E-state index contributed by atoms with van der Waals surface area (Å²) in [5.74, 6) is 0.862. The number of nitrogens with zero attached hydrogens (tertiary/aromatic N) is 2. The van der Waals surface area contributed by atoms with E-state index in [-0.39, 0.29) is 19.1 Å². The summed E-state index contributed by atoms with van der Waals surface area (Å²) in [6.07, 6.45) is 0. The average molecular weight is 384 g/mol. The molecule has 0 bridgehead atoms. The van der Waals surface area contributed by atoms with Gasteiger partial charge in [0.25, 0.3) is 5.91 Å². The van der Waals surface area contributed by atoms with Crippen molar-refractivity contribution in [2.45, 2.75) is 6.54 Å². The fraction of sp³-hybridized carbons (Fsp3) is 0.133. The number of amides is 1. The molecular formula is C15H11Cl2N3O3S. The van der Waals surface area contributed by atoms with Crippen LogP contribution in [0.4, 0.5) is 0 Å². The molecule has 0 aliphatic carbocycles. The highest BCUT2D eigenvalue weighted by atomic mass is 35.5. The van der Waals surface area contributed by atoms with Gasteiger partial charge in [0.2, 0.25) is 11.7 Å². The lowest BCUT2D eigenvalue weighted by atomic mass is 10.3. The smallest absolute Gasteiger partial charge is 0.258 e. The summed E-state index contributed by atoms with van der Waals surface area (Å²) < 4.78 is 10.4. The second kappa shape index (κ2) is 7.65. The van der Waals surface area contributed by atoms with Crippen molar-refractivity contribution >= 4 is 40.4 Å². The van der Waals surface area contributed by atoms with Gasteiger partial charge in [-0.15, -0.1) is 11.3 Å². The van der Waals surface area contributed by atoms with Gasteiger partial charge >= 0.3 is 0 Å². The van der Waals surface area contributed by atoms with Crippen LogP contribution in [-0.2, 0) is 11.3 Å². The number of ether oxygens (including phenoxy) is 1. The van der Waals surface area contributed by atoms with E-state index in [1.165, 1.54) is 11.3 Å². The summed E-state index contributed by atoms with van der Waals surface area (Å²) in [6.45, 7) is -0.0673. The Morgan fingerprint density at radius 3 is 2.96 bits per heavy atom. The number of carbonyl (C=O) groups is 1. The van der Waals surface area contributed by atoms with Crippen molar-refractivity contribution in [3.63, 3.8) is 0 Å². The highest BCUT2D eigenvalue weighted by Crippen LogP contribution is 2.27. The van der Waals surface area contributed by atoms with Crippen LogP contribution in [0.1, 0.15) is 5.89 Å². The van der Waals surface area contributed by atoms with Gasteiger partial charge < -0.3 is 14.6 Å². The third kappa shape index (κ3) is 4.25. The molecule has 1 aromatic carbocycles. The van der Waals surface area contributed by atoms with Gasteiger partial charge in [-0.2, -0.15) is 4.98 Å². The molecule has 1 N–H and O–H groups in total. The van der Waals surface area contributed by atoms with Crippen LogP contribution in [0.3, 0.4) is 0 Å². The van der Waals surface area contributed by atoms with Crippen LogP contribution in [0, 0.1) is 0 Å².